The Bertz CT molecular complexity index is 1360. The van der Waals surface area contributed by atoms with Crippen LogP contribution in [-0.2, 0) is 20.8 Å². The van der Waals surface area contributed by atoms with Crippen LogP contribution < -0.4 is 5.46 Å². The number of oxazole rings is 1. The van der Waals surface area contributed by atoms with Gasteiger partial charge in [-0.25, -0.2) is 9.97 Å². The van der Waals surface area contributed by atoms with Crippen molar-refractivity contribution in [1.29, 1.82) is 0 Å². The summed E-state index contributed by atoms with van der Waals surface area (Å²) in [5, 5.41) is 0. The fourth-order valence-electron chi connectivity index (χ4n) is 4.07. The number of aromatic nitrogens is 3. The van der Waals surface area contributed by atoms with Gasteiger partial charge in [-0.15, -0.1) is 0 Å². The standard InChI is InChI=1S/C26H34BN3O4Si/c1-25(2)26(3,4)34-27(33-25)18-12-13-20-22(16-18)32-24(29-20)23-28-19-10-8-9-11-21(19)30(23)17-31-14-15-35(5,6)7/h8-13,16H,14-15,17H2,1-7H3. The maximum Gasteiger partial charge on any atom is 0.494 e. The molecule has 1 aliphatic rings. The third-order valence-electron chi connectivity index (χ3n) is 7.00. The summed E-state index contributed by atoms with van der Waals surface area (Å²) in [6.45, 7) is 16.4. The van der Waals surface area contributed by atoms with Gasteiger partial charge in [0.2, 0.25) is 0 Å². The lowest BCUT2D eigenvalue weighted by atomic mass is 9.79. The second-order valence-electron chi connectivity index (χ2n) is 11.5. The van der Waals surface area contributed by atoms with Crippen molar-refractivity contribution >= 4 is 42.8 Å². The molecule has 4 aromatic rings. The fourth-order valence-corrected chi connectivity index (χ4v) is 4.82. The molecule has 0 aliphatic carbocycles. The number of hydrogen-bond donors (Lipinski definition) is 0. The Morgan fingerprint density at radius 1 is 0.943 bits per heavy atom. The highest BCUT2D eigenvalue weighted by atomic mass is 28.3. The zero-order chi connectivity index (χ0) is 25.0. The SMILES string of the molecule is CC1(C)OB(c2ccc3nc(-c4nc5ccccc5n4COCC[Si](C)(C)C)oc3c2)OC1(C)C. The van der Waals surface area contributed by atoms with Crippen molar-refractivity contribution < 1.29 is 18.5 Å². The van der Waals surface area contributed by atoms with Gasteiger partial charge in [-0.2, -0.15) is 0 Å². The summed E-state index contributed by atoms with van der Waals surface area (Å²) >= 11 is 0. The number of fused-ring (bicyclic) bond motifs is 2. The van der Waals surface area contributed by atoms with E-state index in [-0.39, 0.29) is 0 Å². The third kappa shape index (κ3) is 4.70. The molecule has 0 unspecified atom stereocenters. The van der Waals surface area contributed by atoms with Gasteiger partial charge in [-0.1, -0.05) is 37.8 Å². The Kier molecular flexibility index (Phi) is 5.95. The average Bonchev–Trinajstić information content (AvgIpc) is 3.41. The predicted molar refractivity (Wildman–Crippen MR) is 143 cm³/mol. The first-order valence-corrected chi connectivity index (χ1v) is 15.9. The van der Waals surface area contributed by atoms with Crippen LogP contribution in [0.25, 0.3) is 33.8 Å². The molecule has 0 amide bonds. The minimum absolute atomic E-state index is 0.401. The first-order chi connectivity index (χ1) is 16.4. The van der Waals surface area contributed by atoms with Gasteiger partial charge >= 0.3 is 7.12 Å². The van der Waals surface area contributed by atoms with Crippen molar-refractivity contribution in [2.75, 3.05) is 6.61 Å². The molecular weight excluding hydrogens is 457 g/mol. The Balaban J connectivity index is 1.46. The van der Waals surface area contributed by atoms with Crippen LogP contribution in [0.1, 0.15) is 27.7 Å². The monoisotopic (exact) mass is 491 g/mol. The van der Waals surface area contributed by atoms with E-state index >= 15 is 0 Å². The smallest absolute Gasteiger partial charge is 0.434 e. The molecule has 2 aromatic heterocycles. The van der Waals surface area contributed by atoms with Crippen molar-refractivity contribution in [3.63, 3.8) is 0 Å². The van der Waals surface area contributed by atoms with Gasteiger partial charge in [0.05, 0.1) is 22.2 Å². The molecule has 0 atom stereocenters. The van der Waals surface area contributed by atoms with Crippen molar-refractivity contribution in [1.82, 2.24) is 14.5 Å². The van der Waals surface area contributed by atoms with E-state index in [1.54, 1.807) is 0 Å². The van der Waals surface area contributed by atoms with Crippen molar-refractivity contribution in [3.8, 4) is 11.7 Å². The van der Waals surface area contributed by atoms with E-state index in [2.05, 4.69) is 19.6 Å². The van der Waals surface area contributed by atoms with E-state index in [0.717, 1.165) is 34.7 Å². The topological polar surface area (TPSA) is 71.5 Å². The molecule has 5 rings (SSSR count). The van der Waals surface area contributed by atoms with Gasteiger partial charge in [0.25, 0.3) is 5.89 Å². The van der Waals surface area contributed by atoms with Crippen molar-refractivity contribution in [3.05, 3.63) is 42.5 Å². The van der Waals surface area contributed by atoms with E-state index in [1.165, 1.54) is 0 Å². The molecule has 0 saturated carbocycles. The van der Waals surface area contributed by atoms with Crippen LogP contribution in [0.15, 0.2) is 46.9 Å². The van der Waals surface area contributed by atoms with Gasteiger partial charge in [-0.05, 0) is 63.5 Å². The molecule has 0 bridgehead atoms. The molecule has 0 N–H and O–H groups in total. The highest BCUT2D eigenvalue weighted by molar-refractivity contribution is 6.76. The van der Waals surface area contributed by atoms with E-state index in [4.69, 9.17) is 28.4 Å². The summed E-state index contributed by atoms with van der Waals surface area (Å²) < 4.78 is 26.8. The Hall–Kier alpha value is -2.46. The Labute approximate surface area is 207 Å². The molecule has 7 nitrogen and oxygen atoms in total. The molecule has 35 heavy (non-hydrogen) atoms. The summed E-state index contributed by atoms with van der Waals surface area (Å²) in [5.41, 5.74) is 3.41. The lowest BCUT2D eigenvalue weighted by molar-refractivity contribution is 0.00578. The largest absolute Gasteiger partial charge is 0.494 e. The predicted octanol–water partition coefficient (Wildman–Crippen LogP) is 5.46. The number of nitrogens with zero attached hydrogens (tertiary/aromatic N) is 3. The number of ether oxygens (including phenoxy) is 1. The van der Waals surface area contributed by atoms with Crippen LogP contribution in [0.5, 0.6) is 0 Å². The molecule has 2 aromatic carbocycles. The first-order valence-electron chi connectivity index (χ1n) is 12.2. The Morgan fingerprint density at radius 2 is 1.66 bits per heavy atom. The van der Waals surface area contributed by atoms with Gasteiger partial charge in [0.15, 0.2) is 11.4 Å². The van der Waals surface area contributed by atoms with Gasteiger partial charge in [0.1, 0.15) is 12.2 Å². The van der Waals surface area contributed by atoms with Crippen LogP contribution in [0.2, 0.25) is 25.7 Å². The summed E-state index contributed by atoms with van der Waals surface area (Å²) in [4.78, 5) is 9.58. The van der Waals surface area contributed by atoms with Gasteiger partial charge in [-0.3, -0.25) is 4.57 Å². The number of benzene rings is 2. The first kappa shape index (κ1) is 24.2. The molecule has 0 spiro atoms. The number of rotatable bonds is 7. The summed E-state index contributed by atoms with van der Waals surface area (Å²) in [5.74, 6) is 1.13. The third-order valence-corrected chi connectivity index (χ3v) is 8.70. The van der Waals surface area contributed by atoms with Crippen LogP contribution in [0.4, 0.5) is 0 Å². The zero-order valence-corrected chi connectivity index (χ0v) is 22.7. The van der Waals surface area contributed by atoms with E-state index in [9.17, 15) is 0 Å². The summed E-state index contributed by atoms with van der Waals surface area (Å²) in [6, 6.07) is 15.0. The summed E-state index contributed by atoms with van der Waals surface area (Å²) in [7, 11) is -1.63. The molecule has 9 heteroatoms. The number of para-hydroxylation sites is 2. The molecule has 1 aliphatic heterocycles. The molecule has 1 saturated heterocycles. The maximum atomic E-state index is 6.23. The zero-order valence-electron chi connectivity index (χ0n) is 21.7. The minimum Gasteiger partial charge on any atom is -0.434 e. The van der Waals surface area contributed by atoms with Crippen LogP contribution in [0.3, 0.4) is 0 Å². The van der Waals surface area contributed by atoms with Gasteiger partial charge in [0, 0.05) is 14.7 Å². The van der Waals surface area contributed by atoms with Crippen LogP contribution in [0, 0.1) is 0 Å². The second kappa shape index (κ2) is 8.59. The van der Waals surface area contributed by atoms with E-state index in [0.29, 0.717) is 24.0 Å². The van der Waals surface area contributed by atoms with E-state index in [1.807, 2.05) is 74.7 Å². The lowest BCUT2D eigenvalue weighted by Gasteiger charge is -2.32. The highest BCUT2D eigenvalue weighted by Gasteiger charge is 2.51. The molecule has 0 radical (unpaired) electrons. The molecule has 1 fully saturated rings. The molecule has 3 heterocycles. The molecule has 184 valence electrons. The number of imidazole rings is 1. The normalized spacial score (nSPS) is 17.6. The maximum absolute atomic E-state index is 6.23. The average molecular weight is 491 g/mol. The number of hydrogen-bond acceptors (Lipinski definition) is 6. The highest BCUT2D eigenvalue weighted by Crippen LogP contribution is 2.37. The second-order valence-corrected chi connectivity index (χ2v) is 17.2. The quantitative estimate of drug-likeness (QED) is 0.253. The molecular formula is C26H34BN3O4Si. The Morgan fingerprint density at radius 3 is 2.37 bits per heavy atom. The lowest BCUT2D eigenvalue weighted by Crippen LogP contribution is -2.41. The van der Waals surface area contributed by atoms with Crippen LogP contribution in [-0.4, -0.2) is 47.5 Å². The minimum atomic E-state index is -1.17. The van der Waals surface area contributed by atoms with Crippen molar-refractivity contribution in [2.45, 2.75) is 71.3 Å². The van der Waals surface area contributed by atoms with Crippen molar-refractivity contribution in [2.24, 2.45) is 0 Å². The fraction of sp³-hybridized carbons (Fsp3) is 0.462. The van der Waals surface area contributed by atoms with E-state index < -0.39 is 26.4 Å². The van der Waals surface area contributed by atoms with Crippen LogP contribution >= 0.6 is 0 Å². The van der Waals surface area contributed by atoms with Gasteiger partial charge < -0.3 is 18.5 Å². The summed E-state index contributed by atoms with van der Waals surface area (Å²) in [6.07, 6.45) is 0.